The standard InChI is InChI=1S/C11H15ClN2OS.ClH/c12-10-3-1-9(16-10)2-4-11(15)14-6-5-8(13)7-14;/h1,3,8H,2,4-7,13H2;1H/t8-;/m1./s1. The van der Waals surface area contributed by atoms with E-state index in [0.717, 1.165) is 23.7 Å². The van der Waals surface area contributed by atoms with Gasteiger partial charge in [0.1, 0.15) is 0 Å². The molecule has 0 bridgehead atoms. The number of hydrogen-bond donors (Lipinski definition) is 1. The quantitative estimate of drug-likeness (QED) is 0.930. The molecule has 0 saturated carbocycles. The average Bonchev–Trinajstić information content (AvgIpc) is 2.84. The zero-order valence-corrected chi connectivity index (χ0v) is 11.8. The number of aryl methyl sites for hydroxylation is 1. The van der Waals surface area contributed by atoms with Crippen molar-refractivity contribution in [2.75, 3.05) is 13.1 Å². The number of nitrogens with two attached hydrogens (primary N) is 1. The van der Waals surface area contributed by atoms with Crippen molar-refractivity contribution in [1.82, 2.24) is 4.90 Å². The molecule has 1 aliphatic heterocycles. The Hall–Kier alpha value is -0.290. The van der Waals surface area contributed by atoms with Gasteiger partial charge in [-0.3, -0.25) is 4.79 Å². The van der Waals surface area contributed by atoms with Gasteiger partial charge in [-0.2, -0.15) is 0 Å². The van der Waals surface area contributed by atoms with Crippen molar-refractivity contribution in [3.63, 3.8) is 0 Å². The van der Waals surface area contributed by atoms with Gasteiger partial charge in [-0.25, -0.2) is 0 Å². The first-order valence-electron chi connectivity index (χ1n) is 5.43. The van der Waals surface area contributed by atoms with E-state index in [2.05, 4.69) is 0 Å². The summed E-state index contributed by atoms with van der Waals surface area (Å²) in [4.78, 5) is 14.8. The number of likely N-dealkylation sites (tertiary alicyclic amines) is 1. The van der Waals surface area contributed by atoms with Crippen LogP contribution in [0.2, 0.25) is 4.34 Å². The zero-order valence-electron chi connectivity index (χ0n) is 9.39. The highest BCUT2D eigenvalue weighted by molar-refractivity contribution is 7.16. The lowest BCUT2D eigenvalue weighted by molar-refractivity contribution is -0.130. The maximum Gasteiger partial charge on any atom is 0.222 e. The third-order valence-corrected chi connectivity index (χ3v) is 4.08. The number of hydrogen-bond acceptors (Lipinski definition) is 3. The first-order valence-corrected chi connectivity index (χ1v) is 6.62. The molecule has 0 aliphatic carbocycles. The fraction of sp³-hybridized carbons (Fsp3) is 0.545. The van der Waals surface area contributed by atoms with Crippen LogP contribution in [0.25, 0.3) is 0 Å². The molecule has 1 saturated heterocycles. The summed E-state index contributed by atoms with van der Waals surface area (Å²) < 4.78 is 0.783. The van der Waals surface area contributed by atoms with E-state index in [4.69, 9.17) is 17.3 Å². The normalized spacial score (nSPS) is 19.2. The van der Waals surface area contributed by atoms with Crippen molar-refractivity contribution >= 4 is 41.3 Å². The maximum absolute atomic E-state index is 11.8. The Bertz CT molecular complexity index is 383. The fourth-order valence-corrected chi connectivity index (χ4v) is 2.98. The number of thiophene rings is 1. The van der Waals surface area contributed by atoms with Crippen LogP contribution >= 0.6 is 35.3 Å². The van der Waals surface area contributed by atoms with Gasteiger partial charge >= 0.3 is 0 Å². The SMILES string of the molecule is Cl.N[C@@H]1CCN(C(=O)CCc2ccc(Cl)s2)C1. The van der Waals surface area contributed by atoms with E-state index < -0.39 is 0 Å². The van der Waals surface area contributed by atoms with Gasteiger partial charge in [-0.05, 0) is 25.0 Å². The summed E-state index contributed by atoms with van der Waals surface area (Å²) in [6, 6.07) is 4.02. The third kappa shape index (κ3) is 4.14. The summed E-state index contributed by atoms with van der Waals surface area (Å²) in [5, 5.41) is 0. The van der Waals surface area contributed by atoms with Gasteiger partial charge in [0.2, 0.25) is 5.91 Å². The lowest BCUT2D eigenvalue weighted by Gasteiger charge is -2.15. The zero-order chi connectivity index (χ0) is 11.5. The molecule has 1 fully saturated rings. The first-order chi connectivity index (χ1) is 7.65. The summed E-state index contributed by atoms with van der Waals surface area (Å²) in [6.07, 6.45) is 2.27. The van der Waals surface area contributed by atoms with Crippen molar-refractivity contribution in [2.24, 2.45) is 5.73 Å². The van der Waals surface area contributed by atoms with Gasteiger partial charge in [0.25, 0.3) is 0 Å². The topological polar surface area (TPSA) is 46.3 Å². The van der Waals surface area contributed by atoms with Crippen LogP contribution in [0.15, 0.2) is 12.1 Å². The van der Waals surface area contributed by atoms with Crippen LogP contribution in [-0.4, -0.2) is 29.9 Å². The Morgan fingerprint density at radius 3 is 2.88 bits per heavy atom. The molecule has 1 aromatic rings. The molecule has 1 aliphatic rings. The second-order valence-corrected chi connectivity index (χ2v) is 5.89. The Labute approximate surface area is 116 Å². The third-order valence-electron chi connectivity index (χ3n) is 2.79. The van der Waals surface area contributed by atoms with E-state index in [9.17, 15) is 4.79 Å². The number of halogens is 2. The number of nitrogens with zero attached hydrogens (tertiary/aromatic N) is 1. The minimum absolute atomic E-state index is 0. The molecule has 0 aromatic carbocycles. The van der Waals surface area contributed by atoms with Gasteiger partial charge in [-0.1, -0.05) is 11.6 Å². The Balaban J connectivity index is 0.00000144. The number of carbonyl (C=O) groups is 1. The van der Waals surface area contributed by atoms with Crippen LogP contribution in [-0.2, 0) is 11.2 Å². The second kappa shape index (κ2) is 6.59. The van der Waals surface area contributed by atoms with Crippen molar-refractivity contribution < 1.29 is 4.79 Å². The van der Waals surface area contributed by atoms with E-state index in [1.165, 1.54) is 4.88 Å². The van der Waals surface area contributed by atoms with Crippen molar-refractivity contribution in [1.29, 1.82) is 0 Å². The number of rotatable bonds is 3. The fourth-order valence-electron chi connectivity index (χ4n) is 1.89. The smallest absolute Gasteiger partial charge is 0.222 e. The van der Waals surface area contributed by atoms with Crippen LogP contribution in [0.4, 0.5) is 0 Å². The lowest BCUT2D eigenvalue weighted by Crippen LogP contribution is -2.31. The molecular formula is C11H16Cl2N2OS. The molecule has 0 unspecified atom stereocenters. The highest BCUT2D eigenvalue weighted by atomic mass is 35.5. The number of carbonyl (C=O) groups excluding carboxylic acids is 1. The van der Waals surface area contributed by atoms with Crippen LogP contribution < -0.4 is 5.73 Å². The van der Waals surface area contributed by atoms with E-state index in [0.29, 0.717) is 13.0 Å². The van der Waals surface area contributed by atoms with Gasteiger partial charge < -0.3 is 10.6 Å². The summed E-state index contributed by atoms with van der Waals surface area (Å²) in [6.45, 7) is 1.52. The van der Waals surface area contributed by atoms with Crippen molar-refractivity contribution in [3.05, 3.63) is 21.3 Å². The highest BCUT2D eigenvalue weighted by Crippen LogP contribution is 2.22. The van der Waals surface area contributed by atoms with Crippen molar-refractivity contribution in [3.8, 4) is 0 Å². The molecule has 6 heteroatoms. The summed E-state index contributed by atoms with van der Waals surface area (Å²) in [5.74, 6) is 0.206. The molecule has 96 valence electrons. The van der Waals surface area contributed by atoms with Crippen molar-refractivity contribution in [2.45, 2.75) is 25.3 Å². The van der Waals surface area contributed by atoms with Crippen LogP contribution in [0, 0.1) is 0 Å². The van der Waals surface area contributed by atoms with Gasteiger partial charge in [0, 0.05) is 30.4 Å². The molecule has 1 atom stereocenters. The Morgan fingerprint density at radius 2 is 2.35 bits per heavy atom. The Kier molecular flexibility index (Phi) is 5.73. The summed E-state index contributed by atoms with van der Waals surface area (Å²) in [7, 11) is 0. The van der Waals surface area contributed by atoms with E-state index in [1.807, 2.05) is 17.0 Å². The Morgan fingerprint density at radius 1 is 1.59 bits per heavy atom. The van der Waals surface area contributed by atoms with Crippen LogP contribution in [0.1, 0.15) is 17.7 Å². The largest absolute Gasteiger partial charge is 0.341 e. The van der Waals surface area contributed by atoms with E-state index >= 15 is 0 Å². The monoisotopic (exact) mass is 294 g/mol. The maximum atomic E-state index is 11.8. The second-order valence-electron chi connectivity index (χ2n) is 4.09. The van der Waals surface area contributed by atoms with Gasteiger partial charge in [0.15, 0.2) is 0 Å². The van der Waals surface area contributed by atoms with E-state index in [-0.39, 0.29) is 24.4 Å². The van der Waals surface area contributed by atoms with Gasteiger partial charge in [0.05, 0.1) is 4.34 Å². The van der Waals surface area contributed by atoms with Crippen LogP contribution in [0.5, 0.6) is 0 Å². The number of amides is 1. The molecule has 1 aromatic heterocycles. The summed E-state index contributed by atoms with van der Waals surface area (Å²) >= 11 is 7.37. The molecule has 17 heavy (non-hydrogen) atoms. The van der Waals surface area contributed by atoms with E-state index in [1.54, 1.807) is 11.3 Å². The highest BCUT2D eigenvalue weighted by Gasteiger charge is 2.23. The molecule has 0 radical (unpaired) electrons. The average molecular weight is 295 g/mol. The molecule has 2 heterocycles. The lowest BCUT2D eigenvalue weighted by atomic mass is 10.2. The molecular weight excluding hydrogens is 279 g/mol. The minimum Gasteiger partial charge on any atom is -0.341 e. The molecule has 1 amide bonds. The molecule has 2 rings (SSSR count). The molecule has 2 N–H and O–H groups in total. The molecule has 3 nitrogen and oxygen atoms in total. The first kappa shape index (κ1) is 14.8. The van der Waals surface area contributed by atoms with Crippen LogP contribution in [0.3, 0.4) is 0 Å². The minimum atomic E-state index is 0. The predicted octanol–water partition coefficient (Wildman–Crippen LogP) is 2.32. The van der Waals surface area contributed by atoms with Gasteiger partial charge in [-0.15, -0.1) is 23.7 Å². The summed E-state index contributed by atoms with van der Waals surface area (Å²) in [5.41, 5.74) is 5.76. The molecule has 0 spiro atoms. The predicted molar refractivity (Wildman–Crippen MR) is 74.1 cm³/mol.